The quantitative estimate of drug-likeness (QED) is 0.498. The molecular weight excluding hydrogens is 358 g/mol. The summed E-state index contributed by atoms with van der Waals surface area (Å²) in [5.41, 5.74) is 1.82. The zero-order chi connectivity index (χ0) is 19.4. The Hall–Kier alpha value is -2.26. The highest BCUT2D eigenvalue weighted by Gasteiger charge is 2.54. The van der Waals surface area contributed by atoms with E-state index in [4.69, 9.17) is 14.0 Å². The zero-order valence-corrected chi connectivity index (χ0v) is 15.6. The molecule has 7 nitrogen and oxygen atoms in total. The number of benzene rings is 2. The first-order chi connectivity index (χ1) is 12.2. The highest BCUT2D eigenvalue weighted by molar-refractivity contribution is 7.85. The number of β-lactam (4-membered cyclic amide) rings is 1. The fourth-order valence-electron chi connectivity index (χ4n) is 2.38. The van der Waals surface area contributed by atoms with Gasteiger partial charge in [-0.2, -0.15) is 8.42 Å². The summed E-state index contributed by atoms with van der Waals surface area (Å²) in [6.45, 7) is 2.27. The highest BCUT2D eigenvalue weighted by Crippen LogP contribution is 2.31. The molecule has 0 spiro atoms. The molecule has 0 aliphatic carbocycles. The van der Waals surface area contributed by atoms with Crippen LogP contribution in [0, 0.1) is 6.92 Å². The molecule has 1 fully saturated rings. The number of amides is 1. The Morgan fingerprint density at radius 1 is 1.00 bits per heavy atom. The minimum absolute atomic E-state index is 0.0666. The second-order valence-electron chi connectivity index (χ2n) is 5.68. The van der Waals surface area contributed by atoms with Gasteiger partial charge in [0.25, 0.3) is 21.8 Å². The van der Waals surface area contributed by atoms with Crippen molar-refractivity contribution in [3.63, 3.8) is 0 Å². The number of aryl methyl sites for hydroxylation is 1. The average molecular weight is 379 g/mol. The van der Waals surface area contributed by atoms with Crippen molar-refractivity contribution >= 4 is 21.7 Å². The van der Waals surface area contributed by atoms with Crippen molar-refractivity contribution in [1.82, 2.24) is 0 Å². The molecule has 0 aromatic heterocycles. The molecule has 0 unspecified atom stereocenters. The Kier molecular flexibility index (Phi) is 6.14. The van der Waals surface area contributed by atoms with E-state index in [-0.39, 0.29) is 10.8 Å². The van der Waals surface area contributed by atoms with E-state index < -0.39 is 15.9 Å². The lowest BCUT2D eigenvalue weighted by Gasteiger charge is -2.45. The molecule has 140 valence electrons. The molecule has 8 heteroatoms. The van der Waals surface area contributed by atoms with Gasteiger partial charge in [0.05, 0.1) is 11.4 Å². The molecule has 0 radical (unpaired) electrons. The Labute approximate surface area is 152 Å². The Bertz CT molecular complexity index is 845. The number of hydrogen-bond donors (Lipinski definition) is 1. The maximum atomic E-state index is 11.8. The predicted molar refractivity (Wildman–Crippen MR) is 96.5 cm³/mol. The lowest BCUT2D eigenvalue weighted by Crippen LogP contribution is -2.69. The first-order valence-corrected chi connectivity index (χ1v) is 9.19. The van der Waals surface area contributed by atoms with Gasteiger partial charge in [-0.1, -0.05) is 35.9 Å². The number of carbonyl (C=O) groups is 1. The van der Waals surface area contributed by atoms with Gasteiger partial charge in [-0.15, -0.1) is 0 Å². The Morgan fingerprint density at radius 2 is 1.54 bits per heavy atom. The van der Waals surface area contributed by atoms with Crippen LogP contribution < -0.4 is 4.90 Å². The summed E-state index contributed by atoms with van der Waals surface area (Å²) in [7, 11) is -1.07. The van der Waals surface area contributed by atoms with Gasteiger partial charge in [0.1, 0.15) is 0 Å². The van der Waals surface area contributed by atoms with E-state index >= 15 is 0 Å². The van der Waals surface area contributed by atoms with Crippen LogP contribution in [-0.2, 0) is 24.4 Å². The molecule has 1 heterocycles. The second-order valence-corrected chi connectivity index (χ2v) is 7.10. The summed E-state index contributed by atoms with van der Waals surface area (Å²) in [4.78, 5) is 13.4. The summed E-state index contributed by atoms with van der Waals surface area (Å²) >= 11 is 0. The van der Waals surface area contributed by atoms with Gasteiger partial charge in [-0.05, 0) is 31.2 Å². The van der Waals surface area contributed by atoms with E-state index in [0.29, 0.717) is 6.54 Å². The molecule has 1 saturated heterocycles. The van der Waals surface area contributed by atoms with Crippen molar-refractivity contribution in [2.45, 2.75) is 17.6 Å². The number of hydrogen-bond acceptors (Lipinski definition) is 5. The van der Waals surface area contributed by atoms with Crippen LogP contribution in [0.1, 0.15) is 5.56 Å². The van der Waals surface area contributed by atoms with E-state index in [9.17, 15) is 13.2 Å². The number of anilines is 1. The van der Waals surface area contributed by atoms with Crippen LogP contribution in [-0.4, -0.2) is 45.4 Å². The Morgan fingerprint density at radius 3 is 1.96 bits per heavy atom. The van der Waals surface area contributed by atoms with Crippen molar-refractivity contribution < 1.29 is 27.2 Å². The molecule has 2 aromatic carbocycles. The number of nitrogens with zero attached hydrogens (tertiary/aromatic N) is 1. The summed E-state index contributed by atoms with van der Waals surface area (Å²) in [5, 5.41) is 0. The van der Waals surface area contributed by atoms with Gasteiger partial charge >= 0.3 is 0 Å². The van der Waals surface area contributed by atoms with Gasteiger partial charge in [-0.25, -0.2) is 0 Å². The van der Waals surface area contributed by atoms with Crippen LogP contribution in [0.25, 0.3) is 0 Å². The fourth-order valence-corrected chi connectivity index (χ4v) is 2.86. The number of ether oxygens (including phenoxy) is 2. The van der Waals surface area contributed by atoms with Crippen LogP contribution in [0.2, 0.25) is 0 Å². The second kappa shape index (κ2) is 7.96. The fraction of sp³-hybridized carbons (Fsp3) is 0.278. The van der Waals surface area contributed by atoms with Crippen LogP contribution in [0.4, 0.5) is 5.69 Å². The van der Waals surface area contributed by atoms with E-state index in [1.165, 1.54) is 26.4 Å². The van der Waals surface area contributed by atoms with E-state index in [1.54, 1.807) is 17.0 Å². The largest absolute Gasteiger partial charge is 0.344 e. The van der Waals surface area contributed by atoms with Crippen LogP contribution in [0.5, 0.6) is 0 Å². The SMILES string of the molecule is COC1(OC)CN(c2ccccc2)C1=O.Cc1ccc(S(=O)(=O)O)cc1. The van der Waals surface area contributed by atoms with Crippen molar-refractivity contribution in [3.8, 4) is 0 Å². The number of rotatable bonds is 4. The van der Waals surface area contributed by atoms with Crippen molar-refractivity contribution in [3.05, 3.63) is 60.2 Å². The third-order valence-electron chi connectivity index (χ3n) is 3.98. The molecule has 3 rings (SSSR count). The summed E-state index contributed by atoms with van der Waals surface area (Å²) < 4.78 is 39.7. The van der Waals surface area contributed by atoms with E-state index in [0.717, 1.165) is 11.3 Å². The molecule has 0 bridgehead atoms. The molecule has 1 aliphatic heterocycles. The van der Waals surface area contributed by atoms with Crippen molar-refractivity contribution in [1.29, 1.82) is 0 Å². The highest BCUT2D eigenvalue weighted by atomic mass is 32.2. The normalized spacial score (nSPS) is 15.7. The maximum Gasteiger partial charge on any atom is 0.294 e. The van der Waals surface area contributed by atoms with Crippen LogP contribution >= 0.6 is 0 Å². The standard InChI is InChI=1S/C11H13NO3.C7H8O3S/c1-14-11(15-2)8-12(10(11)13)9-6-4-3-5-7-9;1-6-2-4-7(5-3-6)11(8,9)10/h3-7H,8H2,1-2H3;2-5H,1H3,(H,8,9,10). The summed E-state index contributed by atoms with van der Waals surface area (Å²) in [5.74, 6) is -1.23. The number of para-hydroxylation sites is 1. The first kappa shape index (κ1) is 20.1. The molecule has 26 heavy (non-hydrogen) atoms. The number of carbonyl (C=O) groups excluding carboxylic acids is 1. The third-order valence-corrected chi connectivity index (χ3v) is 4.85. The zero-order valence-electron chi connectivity index (χ0n) is 14.7. The molecule has 0 atom stereocenters. The topological polar surface area (TPSA) is 93.1 Å². The minimum Gasteiger partial charge on any atom is -0.344 e. The lowest BCUT2D eigenvalue weighted by molar-refractivity contribution is -0.220. The van der Waals surface area contributed by atoms with Crippen LogP contribution in [0.3, 0.4) is 0 Å². The smallest absolute Gasteiger partial charge is 0.294 e. The van der Waals surface area contributed by atoms with Crippen LogP contribution in [0.15, 0.2) is 59.5 Å². The Balaban J connectivity index is 0.000000197. The molecule has 1 amide bonds. The van der Waals surface area contributed by atoms with E-state index in [2.05, 4.69) is 0 Å². The molecule has 2 aromatic rings. The monoisotopic (exact) mass is 379 g/mol. The molecule has 0 saturated carbocycles. The predicted octanol–water partition coefficient (Wildman–Crippen LogP) is 2.26. The lowest BCUT2D eigenvalue weighted by atomic mass is 10.0. The molecule has 1 aliphatic rings. The van der Waals surface area contributed by atoms with Crippen molar-refractivity contribution in [2.75, 3.05) is 25.7 Å². The number of methoxy groups -OCH3 is 2. The average Bonchev–Trinajstić information content (AvgIpc) is 2.63. The summed E-state index contributed by atoms with van der Waals surface area (Å²) in [6, 6.07) is 15.4. The van der Waals surface area contributed by atoms with Gasteiger partial charge in [0, 0.05) is 19.9 Å². The van der Waals surface area contributed by atoms with E-state index in [1.807, 2.05) is 37.3 Å². The first-order valence-electron chi connectivity index (χ1n) is 7.75. The van der Waals surface area contributed by atoms with Gasteiger partial charge in [0.15, 0.2) is 0 Å². The third kappa shape index (κ3) is 4.28. The molecular formula is C18H21NO6S. The van der Waals surface area contributed by atoms with Gasteiger partial charge in [-0.3, -0.25) is 9.35 Å². The van der Waals surface area contributed by atoms with Crippen molar-refractivity contribution in [2.24, 2.45) is 0 Å². The maximum absolute atomic E-state index is 11.8. The van der Waals surface area contributed by atoms with Gasteiger partial charge < -0.3 is 14.4 Å². The van der Waals surface area contributed by atoms with Gasteiger partial charge in [0.2, 0.25) is 0 Å². The molecule has 1 N–H and O–H groups in total. The minimum atomic E-state index is -4.02. The summed E-state index contributed by atoms with van der Waals surface area (Å²) in [6.07, 6.45) is 0.